The second kappa shape index (κ2) is 4.57. The third-order valence-electron chi connectivity index (χ3n) is 2.55. The fraction of sp³-hybridized carbons (Fsp3) is 0.222. The number of hydrogen-bond acceptors (Lipinski definition) is 6. The summed E-state index contributed by atoms with van der Waals surface area (Å²) in [6.07, 6.45) is 0. The first-order chi connectivity index (χ1) is 8.60. The minimum Gasteiger partial charge on any atom is -0.368 e. The van der Waals surface area contributed by atoms with Crippen LogP contribution in [0.5, 0.6) is 0 Å². The van der Waals surface area contributed by atoms with Gasteiger partial charge in [0.05, 0.1) is 15.4 Å². The fourth-order valence-corrected chi connectivity index (χ4v) is 1.43. The van der Waals surface area contributed by atoms with E-state index in [1.165, 1.54) is 0 Å². The number of nitro groups is 2. The van der Waals surface area contributed by atoms with Crippen molar-refractivity contribution in [2.24, 2.45) is 11.5 Å². The van der Waals surface area contributed by atoms with E-state index < -0.39 is 44.0 Å². The molecule has 1 rings (SSSR count). The summed E-state index contributed by atoms with van der Waals surface area (Å²) in [6, 6.07) is 1.52. The van der Waals surface area contributed by atoms with Crippen LogP contribution in [0.4, 0.5) is 15.8 Å². The van der Waals surface area contributed by atoms with E-state index in [2.05, 4.69) is 0 Å². The Balaban J connectivity index is 3.69. The lowest BCUT2D eigenvalue weighted by atomic mass is 9.90. The van der Waals surface area contributed by atoms with Crippen molar-refractivity contribution < 1.29 is 19.0 Å². The Bertz CT molecular complexity index is 586. The lowest BCUT2D eigenvalue weighted by Gasteiger charge is -2.20. The number of halogens is 1. The first-order valence-electron chi connectivity index (χ1n) is 4.81. The van der Waals surface area contributed by atoms with Gasteiger partial charge in [0.2, 0.25) is 5.91 Å². The van der Waals surface area contributed by atoms with Crippen LogP contribution < -0.4 is 11.5 Å². The first-order valence-corrected chi connectivity index (χ1v) is 4.81. The number of hydrogen-bond donors (Lipinski definition) is 2. The number of benzene rings is 1. The average Bonchev–Trinajstić information content (AvgIpc) is 2.26. The zero-order chi connectivity index (χ0) is 15.0. The summed E-state index contributed by atoms with van der Waals surface area (Å²) < 4.78 is 13.7. The van der Waals surface area contributed by atoms with Gasteiger partial charge in [-0.15, -0.1) is 0 Å². The van der Waals surface area contributed by atoms with E-state index in [-0.39, 0.29) is 0 Å². The van der Waals surface area contributed by atoms with Gasteiger partial charge in [0, 0.05) is 6.07 Å². The van der Waals surface area contributed by atoms with Gasteiger partial charge in [-0.3, -0.25) is 25.0 Å². The molecule has 0 aromatic heterocycles. The second-order valence-electron chi connectivity index (χ2n) is 3.88. The molecule has 0 saturated carbocycles. The third-order valence-corrected chi connectivity index (χ3v) is 2.55. The van der Waals surface area contributed by atoms with Gasteiger partial charge in [0.15, 0.2) is 0 Å². The highest BCUT2D eigenvalue weighted by Gasteiger charge is 2.40. The zero-order valence-corrected chi connectivity index (χ0v) is 9.62. The van der Waals surface area contributed by atoms with Crippen LogP contribution in [0.3, 0.4) is 0 Å². The normalized spacial score (nSPS) is 13.6. The maximum atomic E-state index is 13.7. The largest absolute Gasteiger partial charge is 0.368 e. The van der Waals surface area contributed by atoms with Crippen LogP contribution in [-0.4, -0.2) is 15.8 Å². The van der Waals surface area contributed by atoms with E-state index in [0.717, 1.165) is 13.0 Å². The third kappa shape index (κ3) is 2.33. The molecule has 1 aromatic carbocycles. The molecule has 1 amide bonds. The molecule has 0 saturated heterocycles. The van der Waals surface area contributed by atoms with Gasteiger partial charge in [0.1, 0.15) is 5.54 Å². The summed E-state index contributed by atoms with van der Waals surface area (Å²) in [5.74, 6) is -2.81. The molecule has 102 valence electrons. The monoisotopic (exact) mass is 272 g/mol. The van der Waals surface area contributed by atoms with E-state index in [9.17, 15) is 29.4 Å². The number of carbonyl (C=O) groups excluding carboxylic acids is 1. The van der Waals surface area contributed by atoms with Gasteiger partial charge in [-0.05, 0) is 13.0 Å². The standard InChI is InChI=1S/C9H9FN4O5/c1-9(12,8(11)15)4-2-3-5(13(16)17)6(10)7(4)14(18)19/h2-3H,12H2,1H3,(H2,11,15)/t9-/m1/s1. The van der Waals surface area contributed by atoms with Crippen molar-refractivity contribution in [3.8, 4) is 0 Å². The van der Waals surface area contributed by atoms with Crippen LogP contribution in [0.25, 0.3) is 0 Å². The van der Waals surface area contributed by atoms with Gasteiger partial charge < -0.3 is 11.5 Å². The predicted molar refractivity (Wildman–Crippen MR) is 60.4 cm³/mol. The quantitative estimate of drug-likeness (QED) is 0.593. The van der Waals surface area contributed by atoms with Crippen molar-refractivity contribution in [1.82, 2.24) is 0 Å². The molecule has 0 fully saturated rings. The number of nitro benzene ring substituents is 2. The molecule has 0 heterocycles. The van der Waals surface area contributed by atoms with Crippen molar-refractivity contribution >= 4 is 17.3 Å². The second-order valence-corrected chi connectivity index (χ2v) is 3.88. The van der Waals surface area contributed by atoms with Crippen molar-refractivity contribution in [3.63, 3.8) is 0 Å². The Hall–Kier alpha value is -2.62. The summed E-state index contributed by atoms with van der Waals surface area (Å²) in [6.45, 7) is 1.04. The van der Waals surface area contributed by atoms with Crippen LogP contribution in [0.2, 0.25) is 0 Å². The van der Waals surface area contributed by atoms with Crippen LogP contribution in [0, 0.1) is 26.0 Å². The van der Waals surface area contributed by atoms with Gasteiger partial charge >= 0.3 is 11.4 Å². The summed E-state index contributed by atoms with van der Waals surface area (Å²) in [7, 11) is 0. The Labute approximate surface area is 105 Å². The highest BCUT2D eigenvalue weighted by atomic mass is 19.1. The van der Waals surface area contributed by atoms with E-state index in [1.807, 2.05) is 0 Å². The number of nitrogens with two attached hydrogens (primary N) is 2. The van der Waals surface area contributed by atoms with E-state index in [1.54, 1.807) is 0 Å². The molecule has 10 heteroatoms. The molecule has 0 unspecified atom stereocenters. The molecule has 0 radical (unpaired) electrons. The predicted octanol–water partition coefficient (Wildman–Crippen LogP) is 0.301. The highest BCUT2D eigenvalue weighted by Crippen LogP contribution is 2.35. The Morgan fingerprint density at radius 2 is 1.84 bits per heavy atom. The van der Waals surface area contributed by atoms with Crippen molar-refractivity contribution in [3.05, 3.63) is 43.7 Å². The van der Waals surface area contributed by atoms with E-state index in [4.69, 9.17) is 11.5 Å². The molecule has 9 nitrogen and oxygen atoms in total. The molecule has 0 aliphatic heterocycles. The molecule has 1 atom stereocenters. The molecule has 0 bridgehead atoms. The molecule has 0 aliphatic carbocycles. The topological polar surface area (TPSA) is 155 Å². The fourth-order valence-electron chi connectivity index (χ4n) is 1.43. The summed E-state index contributed by atoms with van der Waals surface area (Å²) in [5, 5.41) is 21.3. The van der Waals surface area contributed by atoms with Gasteiger partial charge in [0.25, 0.3) is 5.82 Å². The smallest absolute Gasteiger partial charge is 0.317 e. The number of carbonyl (C=O) groups is 1. The number of amides is 1. The molecular weight excluding hydrogens is 263 g/mol. The van der Waals surface area contributed by atoms with Gasteiger partial charge in [-0.25, -0.2) is 0 Å². The molecule has 0 spiro atoms. The SMILES string of the molecule is C[C@](N)(C(N)=O)c1ccc([N+](=O)[O-])c(F)c1[N+](=O)[O-]. The van der Waals surface area contributed by atoms with Gasteiger partial charge in [-0.2, -0.15) is 4.39 Å². The number of rotatable bonds is 4. The number of nitrogens with zero attached hydrogens (tertiary/aromatic N) is 2. The van der Waals surface area contributed by atoms with Crippen LogP contribution >= 0.6 is 0 Å². The maximum absolute atomic E-state index is 13.7. The lowest BCUT2D eigenvalue weighted by molar-refractivity contribution is -0.399. The maximum Gasteiger partial charge on any atom is 0.317 e. The molecule has 1 aromatic rings. The highest BCUT2D eigenvalue weighted by molar-refractivity contribution is 5.87. The van der Waals surface area contributed by atoms with E-state index >= 15 is 0 Å². The number of primary amides is 1. The average molecular weight is 272 g/mol. The summed E-state index contributed by atoms with van der Waals surface area (Å²) in [4.78, 5) is 30.2. The van der Waals surface area contributed by atoms with Gasteiger partial charge in [-0.1, -0.05) is 0 Å². The van der Waals surface area contributed by atoms with Crippen molar-refractivity contribution in [1.29, 1.82) is 0 Å². The van der Waals surface area contributed by atoms with Crippen LogP contribution in [-0.2, 0) is 10.3 Å². The van der Waals surface area contributed by atoms with Crippen molar-refractivity contribution in [2.75, 3.05) is 0 Å². The minimum absolute atomic E-state index is 0.534. The van der Waals surface area contributed by atoms with Crippen LogP contribution in [0.1, 0.15) is 12.5 Å². The Morgan fingerprint density at radius 1 is 1.32 bits per heavy atom. The molecule has 19 heavy (non-hydrogen) atoms. The Morgan fingerprint density at radius 3 is 2.21 bits per heavy atom. The van der Waals surface area contributed by atoms with Crippen molar-refractivity contribution in [2.45, 2.75) is 12.5 Å². The molecular formula is C9H9FN4O5. The zero-order valence-electron chi connectivity index (χ0n) is 9.62. The first kappa shape index (κ1) is 14.4. The lowest BCUT2D eigenvalue weighted by Crippen LogP contribution is -2.46. The summed E-state index contributed by atoms with van der Waals surface area (Å²) >= 11 is 0. The Kier molecular flexibility index (Phi) is 3.47. The minimum atomic E-state index is -2.03. The van der Waals surface area contributed by atoms with Crippen LogP contribution in [0.15, 0.2) is 12.1 Å². The molecule has 0 aliphatic rings. The van der Waals surface area contributed by atoms with E-state index in [0.29, 0.717) is 6.07 Å². The summed E-state index contributed by atoms with van der Waals surface area (Å²) in [5.41, 5.74) is 5.59. The molecule has 4 N–H and O–H groups in total.